The number of pyridine rings is 1. The highest BCUT2D eigenvalue weighted by atomic mass is 32.1. The molecule has 0 spiro atoms. The third-order valence-electron chi connectivity index (χ3n) is 3.18. The van der Waals surface area contributed by atoms with Gasteiger partial charge in [0.05, 0.1) is 17.4 Å². The van der Waals surface area contributed by atoms with Crippen molar-refractivity contribution >= 4 is 16.3 Å². The maximum atomic E-state index is 6.26. The summed E-state index contributed by atoms with van der Waals surface area (Å²) in [7, 11) is 0. The molecule has 5 heteroatoms. The van der Waals surface area contributed by atoms with Gasteiger partial charge in [0.15, 0.2) is 4.96 Å². The van der Waals surface area contributed by atoms with Crippen molar-refractivity contribution in [2.75, 3.05) is 0 Å². The maximum absolute atomic E-state index is 6.26. The van der Waals surface area contributed by atoms with Gasteiger partial charge in [-0.25, -0.2) is 4.98 Å². The van der Waals surface area contributed by atoms with Gasteiger partial charge >= 0.3 is 0 Å². The standard InChI is InChI=1S/C14H16N4S/c1-9-5-10(2)13(16-7-9)12(15)6-11-8-18-3-4-19-14(18)17-11/h3-5,7-8,12H,6,15H2,1-2H3. The van der Waals surface area contributed by atoms with Crippen LogP contribution >= 0.6 is 11.3 Å². The fraction of sp³-hybridized carbons (Fsp3) is 0.286. The molecule has 2 N–H and O–H groups in total. The fourth-order valence-electron chi connectivity index (χ4n) is 2.31. The highest BCUT2D eigenvalue weighted by molar-refractivity contribution is 7.15. The van der Waals surface area contributed by atoms with Crippen molar-refractivity contribution in [3.05, 3.63) is 52.6 Å². The highest BCUT2D eigenvalue weighted by Gasteiger charge is 2.13. The Balaban J connectivity index is 1.84. The molecule has 98 valence electrons. The van der Waals surface area contributed by atoms with Crippen LogP contribution in [0.1, 0.15) is 28.6 Å². The van der Waals surface area contributed by atoms with Gasteiger partial charge in [-0.2, -0.15) is 0 Å². The first-order valence-electron chi connectivity index (χ1n) is 6.23. The van der Waals surface area contributed by atoms with E-state index in [0.717, 1.165) is 27.5 Å². The van der Waals surface area contributed by atoms with Crippen molar-refractivity contribution in [1.29, 1.82) is 0 Å². The predicted octanol–water partition coefficient (Wildman–Crippen LogP) is 2.65. The number of thiazole rings is 1. The molecule has 3 heterocycles. The average molecular weight is 272 g/mol. The lowest BCUT2D eigenvalue weighted by molar-refractivity contribution is 0.680. The molecule has 3 aromatic heterocycles. The Bertz CT molecular complexity index is 685. The number of hydrogen-bond acceptors (Lipinski definition) is 4. The first kappa shape index (κ1) is 12.3. The molecule has 0 amide bonds. The first-order valence-corrected chi connectivity index (χ1v) is 7.11. The second kappa shape index (κ2) is 4.75. The van der Waals surface area contributed by atoms with E-state index in [4.69, 9.17) is 5.73 Å². The number of fused-ring (bicyclic) bond motifs is 1. The molecule has 19 heavy (non-hydrogen) atoms. The van der Waals surface area contributed by atoms with Gasteiger partial charge in [0.2, 0.25) is 0 Å². The lowest BCUT2D eigenvalue weighted by atomic mass is 10.0. The predicted molar refractivity (Wildman–Crippen MR) is 77.4 cm³/mol. The van der Waals surface area contributed by atoms with E-state index in [9.17, 15) is 0 Å². The van der Waals surface area contributed by atoms with E-state index in [1.807, 2.05) is 35.3 Å². The highest BCUT2D eigenvalue weighted by Crippen LogP contribution is 2.19. The molecule has 3 rings (SSSR count). The zero-order chi connectivity index (χ0) is 13.4. The summed E-state index contributed by atoms with van der Waals surface area (Å²) in [6.45, 7) is 4.10. The van der Waals surface area contributed by atoms with E-state index < -0.39 is 0 Å². The molecule has 0 aliphatic rings. The molecule has 0 saturated heterocycles. The third kappa shape index (κ3) is 2.39. The molecular formula is C14H16N4S. The first-order chi connectivity index (χ1) is 9.13. The van der Waals surface area contributed by atoms with Crippen molar-refractivity contribution in [2.24, 2.45) is 5.73 Å². The summed E-state index contributed by atoms with van der Waals surface area (Å²) < 4.78 is 2.03. The topological polar surface area (TPSA) is 56.2 Å². The molecule has 1 unspecified atom stereocenters. The normalized spacial score (nSPS) is 13.0. The zero-order valence-corrected chi connectivity index (χ0v) is 11.8. The Hall–Kier alpha value is -1.72. The molecular weight excluding hydrogens is 256 g/mol. The van der Waals surface area contributed by atoms with Crippen LogP contribution in [0.15, 0.2) is 30.0 Å². The van der Waals surface area contributed by atoms with Crippen molar-refractivity contribution in [3.63, 3.8) is 0 Å². The Kier molecular flexibility index (Phi) is 3.08. The Labute approximate surface area is 115 Å². The maximum Gasteiger partial charge on any atom is 0.193 e. The molecule has 4 nitrogen and oxygen atoms in total. The molecule has 0 fully saturated rings. The number of aromatic nitrogens is 3. The van der Waals surface area contributed by atoms with Gasteiger partial charge in [-0.3, -0.25) is 9.38 Å². The van der Waals surface area contributed by atoms with Gasteiger partial charge in [-0.1, -0.05) is 6.07 Å². The molecule has 1 atom stereocenters. The number of hydrogen-bond donors (Lipinski definition) is 1. The SMILES string of the molecule is Cc1cnc(C(N)Cc2cn3ccsc3n2)c(C)c1. The fourth-order valence-corrected chi connectivity index (χ4v) is 3.03. The Morgan fingerprint density at radius 3 is 3.00 bits per heavy atom. The summed E-state index contributed by atoms with van der Waals surface area (Å²) in [4.78, 5) is 10.0. The van der Waals surface area contributed by atoms with Crippen LogP contribution in [0.5, 0.6) is 0 Å². The monoisotopic (exact) mass is 272 g/mol. The molecule has 0 aliphatic carbocycles. The number of imidazole rings is 1. The van der Waals surface area contributed by atoms with Crippen LogP contribution in [0, 0.1) is 13.8 Å². The van der Waals surface area contributed by atoms with Gasteiger partial charge in [-0.05, 0) is 25.0 Å². The van der Waals surface area contributed by atoms with Gasteiger partial charge in [0.1, 0.15) is 0 Å². The van der Waals surface area contributed by atoms with Gasteiger partial charge in [-0.15, -0.1) is 11.3 Å². The van der Waals surface area contributed by atoms with E-state index in [-0.39, 0.29) is 6.04 Å². The van der Waals surface area contributed by atoms with Crippen LogP contribution < -0.4 is 5.73 Å². The number of rotatable bonds is 3. The van der Waals surface area contributed by atoms with Crippen molar-refractivity contribution in [3.8, 4) is 0 Å². The van der Waals surface area contributed by atoms with Crippen LogP contribution in [0.3, 0.4) is 0 Å². The number of nitrogens with two attached hydrogens (primary N) is 1. The molecule has 0 saturated carbocycles. The number of aryl methyl sites for hydroxylation is 2. The molecule has 3 aromatic rings. The van der Waals surface area contributed by atoms with Gasteiger partial charge in [0.25, 0.3) is 0 Å². The second-order valence-corrected chi connectivity index (χ2v) is 5.72. The largest absolute Gasteiger partial charge is 0.322 e. The minimum absolute atomic E-state index is 0.106. The molecule has 0 aromatic carbocycles. The minimum atomic E-state index is -0.106. The second-order valence-electron chi connectivity index (χ2n) is 4.85. The van der Waals surface area contributed by atoms with E-state index in [1.54, 1.807) is 11.3 Å². The van der Waals surface area contributed by atoms with Crippen molar-refractivity contribution in [1.82, 2.24) is 14.4 Å². The van der Waals surface area contributed by atoms with Crippen LogP contribution in [0.4, 0.5) is 0 Å². The average Bonchev–Trinajstić information content (AvgIpc) is 2.89. The zero-order valence-electron chi connectivity index (χ0n) is 11.0. The smallest absolute Gasteiger partial charge is 0.193 e. The summed E-state index contributed by atoms with van der Waals surface area (Å²) in [6.07, 6.45) is 6.63. The van der Waals surface area contributed by atoms with E-state index in [2.05, 4.69) is 23.0 Å². The Morgan fingerprint density at radius 1 is 1.42 bits per heavy atom. The summed E-state index contributed by atoms with van der Waals surface area (Å²) in [5.41, 5.74) is 10.5. The minimum Gasteiger partial charge on any atom is -0.322 e. The van der Waals surface area contributed by atoms with Crippen molar-refractivity contribution < 1.29 is 0 Å². The molecule has 0 radical (unpaired) electrons. The molecule has 0 aliphatic heterocycles. The van der Waals surface area contributed by atoms with E-state index >= 15 is 0 Å². The van der Waals surface area contributed by atoms with Crippen LogP contribution in [0.2, 0.25) is 0 Å². The van der Waals surface area contributed by atoms with E-state index in [1.165, 1.54) is 0 Å². The quantitative estimate of drug-likeness (QED) is 0.797. The summed E-state index contributed by atoms with van der Waals surface area (Å²) in [5.74, 6) is 0. The Morgan fingerprint density at radius 2 is 2.26 bits per heavy atom. The summed E-state index contributed by atoms with van der Waals surface area (Å²) >= 11 is 1.63. The van der Waals surface area contributed by atoms with Crippen LogP contribution in [-0.2, 0) is 6.42 Å². The third-order valence-corrected chi connectivity index (χ3v) is 3.95. The van der Waals surface area contributed by atoms with Crippen LogP contribution in [0.25, 0.3) is 4.96 Å². The van der Waals surface area contributed by atoms with Gasteiger partial charge < -0.3 is 5.73 Å². The van der Waals surface area contributed by atoms with Crippen molar-refractivity contribution in [2.45, 2.75) is 26.3 Å². The lowest BCUT2D eigenvalue weighted by Crippen LogP contribution is -2.16. The summed E-state index contributed by atoms with van der Waals surface area (Å²) in [5, 5.41) is 2.03. The van der Waals surface area contributed by atoms with Gasteiger partial charge in [0, 0.05) is 30.4 Å². The summed E-state index contributed by atoms with van der Waals surface area (Å²) in [6, 6.07) is 2.01. The van der Waals surface area contributed by atoms with E-state index in [0.29, 0.717) is 6.42 Å². The van der Waals surface area contributed by atoms with Crippen LogP contribution in [-0.4, -0.2) is 14.4 Å². The number of nitrogens with zero attached hydrogens (tertiary/aromatic N) is 3. The molecule has 0 bridgehead atoms. The lowest BCUT2D eigenvalue weighted by Gasteiger charge is -2.12.